The van der Waals surface area contributed by atoms with E-state index in [4.69, 9.17) is 9.56 Å². The van der Waals surface area contributed by atoms with Gasteiger partial charge in [0.15, 0.2) is 11.6 Å². The molecule has 0 saturated heterocycles. The van der Waals surface area contributed by atoms with E-state index in [0.717, 1.165) is 5.56 Å². The van der Waals surface area contributed by atoms with Crippen LogP contribution in [0, 0.1) is 5.41 Å². The van der Waals surface area contributed by atoms with Crippen molar-refractivity contribution in [2.75, 3.05) is 19.4 Å². The van der Waals surface area contributed by atoms with Gasteiger partial charge < -0.3 is 25.1 Å². The highest BCUT2D eigenvalue weighted by molar-refractivity contribution is 9.10. The van der Waals surface area contributed by atoms with E-state index in [0.29, 0.717) is 10.2 Å². The fourth-order valence-corrected chi connectivity index (χ4v) is 4.18. The first-order chi connectivity index (χ1) is 16.4. The van der Waals surface area contributed by atoms with Crippen LogP contribution in [0.25, 0.3) is 0 Å². The van der Waals surface area contributed by atoms with Crippen LogP contribution in [0.2, 0.25) is 0 Å². The van der Waals surface area contributed by atoms with E-state index < -0.39 is 27.9 Å². The summed E-state index contributed by atoms with van der Waals surface area (Å²) in [4.78, 5) is 13.9. The van der Waals surface area contributed by atoms with Crippen molar-refractivity contribution in [3.05, 3.63) is 58.1 Å². The van der Waals surface area contributed by atoms with Crippen molar-refractivity contribution in [2.45, 2.75) is 46.6 Å². The average Bonchev–Trinajstić information content (AvgIpc) is 3.21. The molecule has 0 radical (unpaired) electrons. The molecule has 0 aliphatic heterocycles. The van der Waals surface area contributed by atoms with Crippen LogP contribution in [0.3, 0.4) is 0 Å². The van der Waals surface area contributed by atoms with Gasteiger partial charge in [0.05, 0.1) is 29.3 Å². The molecule has 1 atom stereocenters. The number of furan rings is 1. The number of phenols is 1. The summed E-state index contributed by atoms with van der Waals surface area (Å²) in [5.74, 6) is -0.239. The van der Waals surface area contributed by atoms with Gasteiger partial charge in [0, 0.05) is 18.6 Å². The summed E-state index contributed by atoms with van der Waals surface area (Å²) in [6, 6.07) is 4.51. The van der Waals surface area contributed by atoms with Crippen LogP contribution in [0.5, 0.6) is 5.75 Å². The minimum absolute atomic E-state index is 0.0112. The van der Waals surface area contributed by atoms with Gasteiger partial charge in [-0.3, -0.25) is 4.79 Å². The number of anilines is 1. The number of hydrogen-bond acceptors (Lipinski definition) is 6. The molecule has 1 amide bonds. The van der Waals surface area contributed by atoms with Crippen LogP contribution in [-0.2, 0) is 10.2 Å². The molecule has 0 aliphatic carbocycles. The van der Waals surface area contributed by atoms with Gasteiger partial charge in [-0.15, -0.1) is 4.40 Å². The number of carbonyl (C=O) groups excluding carboxylic acids is 1. The number of carbonyl (C=O) groups is 1. The quantitative estimate of drug-likeness (QED) is 0.203. The van der Waals surface area contributed by atoms with E-state index in [1.807, 2.05) is 40.7 Å². The lowest BCUT2D eigenvalue weighted by molar-refractivity contribution is 0.0824. The summed E-state index contributed by atoms with van der Waals surface area (Å²) < 4.78 is 33.6. The fourth-order valence-electron chi connectivity index (χ4n) is 3.28. The SMILES string of the molecule is C=C(N[C@@H](c1cc(C(C)C)co1)C(C)(C)C)C(=NS(N)(=O)=O)Nc1ccc(Br)c(C(=O)N(C)C)c1O. The standard InChI is InChI=1S/C24H34BrN5O5S/c1-13(2)15-11-18(35-12-15)21(24(4,5)6)27-14(3)22(29-36(26,33)34)28-17-10-9-16(25)19(20(17)31)23(32)30(7)8/h9-13,21,27,31H,3H2,1-2,4-8H3,(H,28,29)(H2,26,33,34)/t21-/m0/s1. The number of benzene rings is 1. The molecule has 2 rings (SSSR count). The summed E-state index contributed by atoms with van der Waals surface area (Å²) in [6.45, 7) is 14.0. The van der Waals surface area contributed by atoms with Crippen molar-refractivity contribution in [3.63, 3.8) is 0 Å². The van der Waals surface area contributed by atoms with Crippen molar-refractivity contribution in [1.29, 1.82) is 0 Å². The van der Waals surface area contributed by atoms with Crippen LogP contribution in [-0.4, -0.2) is 44.3 Å². The maximum atomic E-state index is 12.6. The molecule has 0 aliphatic rings. The topological polar surface area (TPSA) is 150 Å². The lowest BCUT2D eigenvalue weighted by Crippen LogP contribution is -2.36. The number of aromatic hydroxyl groups is 1. The first-order valence-corrected chi connectivity index (χ1v) is 13.4. The van der Waals surface area contributed by atoms with Crippen LogP contribution in [0.1, 0.15) is 68.3 Å². The van der Waals surface area contributed by atoms with Gasteiger partial charge >= 0.3 is 10.2 Å². The van der Waals surface area contributed by atoms with E-state index in [-0.39, 0.29) is 34.1 Å². The third kappa shape index (κ3) is 7.34. The maximum Gasteiger partial charge on any atom is 0.319 e. The molecular formula is C24H34BrN5O5S. The van der Waals surface area contributed by atoms with Gasteiger partial charge in [0.2, 0.25) is 0 Å². The normalized spacial score (nSPS) is 13.4. The van der Waals surface area contributed by atoms with Gasteiger partial charge in [-0.1, -0.05) is 41.2 Å². The second kappa shape index (κ2) is 11.1. The highest BCUT2D eigenvalue weighted by atomic mass is 79.9. The molecule has 1 aromatic carbocycles. The highest BCUT2D eigenvalue weighted by Crippen LogP contribution is 2.37. The molecule has 36 heavy (non-hydrogen) atoms. The van der Waals surface area contributed by atoms with E-state index in [9.17, 15) is 18.3 Å². The molecule has 1 aromatic heterocycles. The van der Waals surface area contributed by atoms with Crippen LogP contribution >= 0.6 is 15.9 Å². The molecule has 1 heterocycles. The number of nitrogens with one attached hydrogen (secondary N) is 2. The lowest BCUT2D eigenvalue weighted by atomic mass is 9.84. The van der Waals surface area contributed by atoms with Crippen LogP contribution < -0.4 is 15.8 Å². The third-order valence-corrected chi connectivity index (χ3v) is 6.38. The smallest absolute Gasteiger partial charge is 0.319 e. The summed E-state index contributed by atoms with van der Waals surface area (Å²) in [5.41, 5.74) is 0.728. The Kier molecular flexibility index (Phi) is 9.03. The first-order valence-electron chi connectivity index (χ1n) is 11.1. The number of amides is 1. The molecule has 12 heteroatoms. The van der Waals surface area contributed by atoms with Crippen molar-refractivity contribution >= 4 is 43.6 Å². The third-order valence-electron chi connectivity index (χ3n) is 5.28. The molecule has 5 N–H and O–H groups in total. The Bertz CT molecular complexity index is 1280. The number of nitrogens with two attached hydrogens (primary N) is 1. The summed E-state index contributed by atoms with van der Waals surface area (Å²) >= 11 is 3.26. The Balaban J connectivity index is 2.51. The molecule has 0 unspecified atom stereocenters. The van der Waals surface area contributed by atoms with Gasteiger partial charge in [-0.2, -0.15) is 8.42 Å². The number of halogens is 1. The predicted molar refractivity (Wildman–Crippen MR) is 145 cm³/mol. The number of phenolic OH excluding ortho intramolecular Hbond substituents is 1. The van der Waals surface area contributed by atoms with Gasteiger partial charge in [-0.25, -0.2) is 5.14 Å². The lowest BCUT2D eigenvalue weighted by Gasteiger charge is -2.31. The second-order valence-electron chi connectivity index (χ2n) is 9.96. The van der Waals surface area contributed by atoms with Gasteiger partial charge in [0.25, 0.3) is 5.91 Å². The minimum atomic E-state index is -4.36. The Morgan fingerprint density at radius 2 is 1.89 bits per heavy atom. The van der Waals surface area contributed by atoms with Crippen molar-refractivity contribution < 1.29 is 22.7 Å². The zero-order chi connectivity index (χ0) is 27.6. The van der Waals surface area contributed by atoms with Crippen molar-refractivity contribution in [3.8, 4) is 5.75 Å². The zero-order valence-electron chi connectivity index (χ0n) is 21.5. The highest BCUT2D eigenvalue weighted by Gasteiger charge is 2.31. The summed E-state index contributed by atoms with van der Waals surface area (Å²) in [5, 5.41) is 22.0. The summed E-state index contributed by atoms with van der Waals surface area (Å²) in [7, 11) is -1.27. The fraction of sp³-hybridized carbons (Fsp3) is 0.417. The van der Waals surface area contributed by atoms with Crippen molar-refractivity contribution in [2.24, 2.45) is 15.0 Å². The molecule has 0 fully saturated rings. The van der Waals surface area contributed by atoms with Gasteiger partial charge in [-0.05, 0) is 51.0 Å². The number of hydrogen-bond donors (Lipinski definition) is 4. The van der Waals surface area contributed by atoms with E-state index in [1.165, 1.54) is 17.0 Å². The Morgan fingerprint density at radius 1 is 1.28 bits per heavy atom. The average molecular weight is 585 g/mol. The second-order valence-corrected chi connectivity index (χ2v) is 12.0. The van der Waals surface area contributed by atoms with E-state index >= 15 is 0 Å². The van der Waals surface area contributed by atoms with Crippen LogP contribution in [0.15, 0.2) is 50.0 Å². The molecule has 0 saturated carbocycles. The number of nitrogens with zero attached hydrogens (tertiary/aromatic N) is 2. The van der Waals surface area contributed by atoms with Crippen LogP contribution in [0.4, 0.5) is 5.69 Å². The van der Waals surface area contributed by atoms with E-state index in [2.05, 4.69) is 37.5 Å². The molecule has 198 valence electrons. The Morgan fingerprint density at radius 3 is 2.36 bits per heavy atom. The molecule has 2 aromatic rings. The largest absolute Gasteiger partial charge is 0.505 e. The molecule has 10 nitrogen and oxygen atoms in total. The number of rotatable bonds is 8. The molecule has 0 spiro atoms. The van der Waals surface area contributed by atoms with Crippen molar-refractivity contribution in [1.82, 2.24) is 10.2 Å². The summed E-state index contributed by atoms with van der Waals surface area (Å²) in [6.07, 6.45) is 1.68. The number of amidine groups is 1. The monoisotopic (exact) mass is 583 g/mol. The van der Waals surface area contributed by atoms with E-state index in [1.54, 1.807) is 20.4 Å². The Hall–Kier alpha value is -2.83. The minimum Gasteiger partial charge on any atom is -0.505 e. The maximum absolute atomic E-state index is 12.6. The zero-order valence-corrected chi connectivity index (χ0v) is 23.9. The molecule has 0 bridgehead atoms. The Labute approximate surface area is 221 Å². The first kappa shape index (κ1) is 29.4. The molecular weight excluding hydrogens is 550 g/mol. The van der Waals surface area contributed by atoms with Gasteiger partial charge in [0.1, 0.15) is 5.76 Å². The predicted octanol–water partition coefficient (Wildman–Crippen LogP) is 4.48.